The van der Waals surface area contributed by atoms with Crippen molar-refractivity contribution < 1.29 is 23.1 Å². The topological polar surface area (TPSA) is 106 Å². The Morgan fingerprint density at radius 3 is 2.62 bits per heavy atom. The smallest absolute Gasteiger partial charge is 0.384 e. The quantitative estimate of drug-likeness (QED) is 0.290. The number of carbonyl (C=O) groups is 2. The summed E-state index contributed by atoms with van der Waals surface area (Å²) in [6.45, 7) is 0.0715. The first-order chi connectivity index (χ1) is 14.0. The number of ether oxygens (including phenoxy) is 1. The van der Waals surface area contributed by atoms with Gasteiger partial charge in [-0.05, 0) is 29.8 Å². The first-order valence-corrected chi connectivity index (χ1v) is 9.63. The minimum atomic E-state index is -2.15. The maximum absolute atomic E-state index is 12.2. The summed E-state index contributed by atoms with van der Waals surface area (Å²) in [5, 5.41) is 3.03. The summed E-state index contributed by atoms with van der Waals surface area (Å²) in [5.41, 5.74) is 1.41. The van der Waals surface area contributed by atoms with Gasteiger partial charge in [-0.3, -0.25) is 4.79 Å². The maximum atomic E-state index is 12.2. The van der Waals surface area contributed by atoms with Crippen LogP contribution >= 0.6 is 0 Å². The molecular weight excluding hydrogens is 392 g/mol. The van der Waals surface area contributed by atoms with Gasteiger partial charge < -0.3 is 14.6 Å². The number of hydrogen-bond acceptors (Lipinski definition) is 5. The summed E-state index contributed by atoms with van der Waals surface area (Å²) >= 11 is -2.15. The van der Waals surface area contributed by atoms with Crippen molar-refractivity contribution in [3.05, 3.63) is 71.9 Å². The minimum Gasteiger partial charge on any atom is -0.451 e. The Morgan fingerprint density at radius 1 is 1.07 bits per heavy atom. The third-order valence-electron chi connectivity index (χ3n) is 3.85. The predicted molar refractivity (Wildman–Crippen MR) is 107 cm³/mol. The van der Waals surface area contributed by atoms with E-state index in [1.807, 2.05) is 30.3 Å². The average Bonchev–Trinajstić information content (AvgIpc) is 2.75. The first-order valence-electron chi connectivity index (χ1n) is 8.53. The van der Waals surface area contributed by atoms with Crippen molar-refractivity contribution >= 4 is 33.9 Å². The van der Waals surface area contributed by atoms with Crippen molar-refractivity contribution in [2.75, 3.05) is 6.54 Å². The molecule has 0 aliphatic carbocycles. The average molecular weight is 408 g/mol. The zero-order chi connectivity index (χ0) is 20.6. The summed E-state index contributed by atoms with van der Waals surface area (Å²) in [7, 11) is 0. The number of carbonyl (C=O) groups excluding carboxylic acids is 2. The molecule has 0 aliphatic heterocycles. The van der Waals surface area contributed by atoms with Crippen molar-refractivity contribution in [1.29, 1.82) is 0 Å². The van der Waals surface area contributed by atoms with Crippen LogP contribution in [0.1, 0.15) is 16.1 Å². The van der Waals surface area contributed by atoms with Gasteiger partial charge in [0.25, 0.3) is 5.91 Å². The van der Waals surface area contributed by atoms with Gasteiger partial charge >= 0.3 is 5.97 Å². The Bertz CT molecular complexity index is 1140. The standard InChI is InChI=1S/C21H16N2O5S/c24-20(28-14-15-6-2-1-3-7-15)10-5-13-22-21(25)18-12-11-16-17(23-18)8-4-9-19(16)29(26)27/h1-4,6-9,11-12H,13-14H2,(H,22,25)(H,26,27). The molecule has 0 aliphatic rings. The van der Waals surface area contributed by atoms with Crippen molar-refractivity contribution in [2.24, 2.45) is 0 Å². The van der Waals surface area contributed by atoms with Crippen LogP contribution in [0.25, 0.3) is 10.9 Å². The second-order valence-corrected chi connectivity index (χ2v) is 6.75. The van der Waals surface area contributed by atoms with Gasteiger partial charge in [-0.25, -0.2) is 14.0 Å². The molecule has 1 aromatic heterocycles. The van der Waals surface area contributed by atoms with Crippen LogP contribution in [0.2, 0.25) is 0 Å². The molecule has 0 radical (unpaired) electrons. The van der Waals surface area contributed by atoms with Gasteiger partial charge in [0.15, 0.2) is 11.1 Å². The largest absolute Gasteiger partial charge is 0.451 e. The van der Waals surface area contributed by atoms with Crippen LogP contribution < -0.4 is 5.32 Å². The summed E-state index contributed by atoms with van der Waals surface area (Å²) in [6.07, 6.45) is 0. The van der Waals surface area contributed by atoms with Gasteiger partial charge in [0, 0.05) is 11.3 Å². The van der Waals surface area contributed by atoms with Crippen molar-refractivity contribution in [3.63, 3.8) is 0 Å². The number of nitrogens with zero attached hydrogens (tertiary/aromatic N) is 1. The highest BCUT2D eigenvalue weighted by atomic mass is 32.2. The van der Waals surface area contributed by atoms with Gasteiger partial charge in [0.2, 0.25) is 0 Å². The molecule has 0 saturated carbocycles. The number of aromatic nitrogens is 1. The molecule has 0 bridgehead atoms. The van der Waals surface area contributed by atoms with Gasteiger partial charge in [-0.2, -0.15) is 0 Å². The fourth-order valence-corrected chi connectivity index (χ4v) is 3.05. The lowest BCUT2D eigenvalue weighted by molar-refractivity contribution is -0.137. The zero-order valence-electron chi connectivity index (χ0n) is 15.1. The Morgan fingerprint density at radius 2 is 1.86 bits per heavy atom. The van der Waals surface area contributed by atoms with Crippen molar-refractivity contribution in [2.45, 2.75) is 11.5 Å². The Hall–Kier alpha value is -3.54. The van der Waals surface area contributed by atoms with Gasteiger partial charge in [0.05, 0.1) is 17.0 Å². The highest BCUT2D eigenvalue weighted by molar-refractivity contribution is 7.79. The fraction of sp³-hybridized carbons (Fsp3) is 0.0952. The van der Waals surface area contributed by atoms with E-state index in [-0.39, 0.29) is 23.7 Å². The third kappa shape index (κ3) is 5.48. The van der Waals surface area contributed by atoms with Gasteiger partial charge in [-0.15, -0.1) is 0 Å². The molecule has 2 N–H and O–H groups in total. The number of pyridine rings is 1. The van der Waals surface area contributed by atoms with Gasteiger partial charge in [-0.1, -0.05) is 42.3 Å². The summed E-state index contributed by atoms with van der Waals surface area (Å²) in [5.74, 6) is 3.67. The SMILES string of the molecule is O=C(C#CCNC(=O)c1ccc2c(S(=O)O)cccc2n1)OCc1ccccc1. The fourth-order valence-electron chi connectivity index (χ4n) is 2.50. The van der Waals surface area contributed by atoms with Crippen LogP contribution in [-0.4, -0.2) is 32.2 Å². The lowest BCUT2D eigenvalue weighted by Crippen LogP contribution is -2.24. The predicted octanol–water partition coefficient (Wildman–Crippen LogP) is 2.29. The number of benzene rings is 2. The van der Waals surface area contributed by atoms with E-state index < -0.39 is 23.0 Å². The molecule has 1 amide bonds. The number of rotatable bonds is 5. The molecular formula is C21H16N2O5S. The molecule has 1 heterocycles. The molecule has 3 rings (SSSR count). The van der Waals surface area contributed by atoms with E-state index in [1.54, 1.807) is 18.2 Å². The van der Waals surface area contributed by atoms with Crippen LogP contribution in [0.4, 0.5) is 0 Å². The molecule has 1 atom stereocenters. The molecule has 1 unspecified atom stereocenters. The molecule has 7 nitrogen and oxygen atoms in total. The van der Waals surface area contributed by atoms with Crippen molar-refractivity contribution in [1.82, 2.24) is 10.3 Å². The van der Waals surface area contributed by atoms with Crippen LogP contribution in [0, 0.1) is 11.8 Å². The number of fused-ring (bicyclic) bond motifs is 1. The normalized spacial score (nSPS) is 11.2. The van der Waals surface area contributed by atoms with Crippen LogP contribution in [-0.2, 0) is 27.2 Å². The lowest BCUT2D eigenvalue weighted by Gasteiger charge is -2.05. The number of nitrogens with one attached hydrogen (secondary N) is 1. The Balaban J connectivity index is 1.55. The highest BCUT2D eigenvalue weighted by Crippen LogP contribution is 2.20. The van der Waals surface area contributed by atoms with E-state index in [4.69, 9.17) is 4.74 Å². The molecule has 0 spiro atoms. The third-order valence-corrected chi connectivity index (χ3v) is 4.59. The lowest BCUT2D eigenvalue weighted by atomic mass is 10.2. The van der Waals surface area contributed by atoms with Crippen LogP contribution in [0.3, 0.4) is 0 Å². The monoisotopic (exact) mass is 408 g/mol. The summed E-state index contributed by atoms with van der Waals surface area (Å²) in [6, 6.07) is 17.0. The number of esters is 1. The molecule has 2 aromatic carbocycles. The van der Waals surface area contributed by atoms with E-state index in [9.17, 15) is 18.4 Å². The van der Waals surface area contributed by atoms with Gasteiger partial charge in [0.1, 0.15) is 12.3 Å². The molecule has 0 saturated heterocycles. The minimum absolute atomic E-state index is 0.0559. The molecule has 146 valence electrons. The van der Waals surface area contributed by atoms with E-state index in [2.05, 4.69) is 22.1 Å². The van der Waals surface area contributed by atoms with Crippen LogP contribution in [0.15, 0.2) is 65.6 Å². The number of hydrogen-bond donors (Lipinski definition) is 2. The summed E-state index contributed by atoms with van der Waals surface area (Å²) in [4.78, 5) is 28.2. The molecule has 8 heteroatoms. The molecule has 3 aromatic rings. The number of amides is 1. The Kier molecular flexibility index (Phi) is 6.68. The van der Waals surface area contributed by atoms with Crippen LogP contribution in [0.5, 0.6) is 0 Å². The molecule has 0 fully saturated rings. The maximum Gasteiger partial charge on any atom is 0.384 e. The van der Waals surface area contributed by atoms with E-state index in [0.29, 0.717) is 10.9 Å². The van der Waals surface area contributed by atoms with Crippen molar-refractivity contribution in [3.8, 4) is 11.8 Å². The van der Waals surface area contributed by atoms with E-state index in [1.165, 1.54) is 12.1 Å². The highest BCUT2D eigenvalue weighted by Gasteiger charge is 2.11. The second kappa shape index (κ2) is 9.59. The molecule has 29 heavy (non-hydrogen) atoms. The van der Waals surface area contributed by atoms with E-state index >= 15 is 0 Å². The zero-order valence-corrected chi connectivity index (χ0v) is 15.9. The second-order valence-electron chi connectivity index (χ2n) is 5.81. The Labute approximate surface area is 169 Å². The first kappa shape index (κ1) is 20.2. The van der Waals surface area contributed by atoms with E-state index in [0.717, 1.165) is 5.56 Å². The summed E-state index contributed by atoms with van der Waals surface area (Å²) < 4.78 is 25.7.